The van der Waals surface area contributed by atoms with Gasteiger partial charge in [-0.05, 0) is 37.1 Å². The average molecular weight is 275 g/mol. The molecule has 0 spiro atoms. The summed E-state index contributed by atoms with van der Waals surface area (Å²) in [4.78, 5) is 1.64. The van der Waals surface area contributed by atoms with Crippen molar-refractivity contribution in [3.05, 3.63) is 78.1 Å². The van der Waals surface area contributed by atoms with Crippen molar-refractivity contribution in [3.63, 3.8) is 0 Å². The molecule has 0 saturated heterocycles. The second-order valence-corrected chi connectivity index (χ2v) is 4.43. The highest BCUT2D eigenvalue weighted by Crippen LogP contribution is 2.25. The van der Waals surface area contributed by atoms with Crippen molar-refractivity contribution >= 4 is 5.69 Å². The molecule has 106 valence electrons. The fourth-order valence-corrected chi connectivity index (χ4v) is 1.92. The number of halogens is 2. The van der Waals surface area contributed by atoms with Crippen LogP contribution < -0.4 is 4.90 Å². The van der Waals surface area contributed by atoms with E-state index < -0.39 is 11.6 Å². The number of allylic oxidation sites excluding steroid dienone is 4. The SMILES string of the molecule is C=C/C(C(=C)N(C)c1cc(F)cc(F)c1)=C(C)/C=C\C. The van der Waals surface area contributed by atoms with Gasteiger partial charge in [0, 0.05) is 24.5 Å². The van der Waals surface area contributed by atoms with E-state index in [1.165, 1.54) is 12.1 Å². The summed E-state index contributed by atoms with van der Waals surface area (Å²) in [7, 11) is 1.71. The van der Waals surface area contributed by atoms with Gasteiger partial charge in [0.15, 0.2) is 0 Å². The van der Waals surface area contributed by atoms with E-state index in [0.29, 0.717) is 11.4 Å². The van der Waals surface area contributed by atoms with Crippen LogP contribution in [0.25, 0.3) is 0 Å². The second-order valence-electron chi connectivity index (χ2n) is 4.43. The Morgan fingerprint density at radius 3 is 2.20 bits per heavy atom. The van der Waals surface area contributed by atoms with Crippen LogP contribution in [0.3, 0.4) is 0 Å². The summed E-state index contributed by atoms with van der Waals surface area (Å²) in [5.74, 6) is -1.23. The van der Waals surface area contributed by atoms with Crippen molar-refractivity contribution in [2.45, 2.75) is 13.8 Å². The molecular weight excluding hydrogens is 256 g/mol. The number of nitrogens with zero attached hydrogens (tertiary/aromatic N) is 1. The molecule has 1 nitrogen and oxygen atoms in total. The first-order valence-corrected chi connectivity index (χ1v) is 6.25. The third kappa shape index (κ3) is 3.67. The van der Waals surface area contributed by atoms with Gasteiger partial charge in [0.05, 0.1) is 0 Å². The van der Waals surface area contributed by atoms with E-state index in [2.05, 4.69) is 13.2 Å². The van der Waals surface area contributed by atoms with Crippen LogP contribution in [0.2, 0.25) is 0 Å². The Morgan fingerprint density at radius 2 is 1.75 bits per heavy atom. The van der Waals surface area contributed by atoms with Crippen LogP contribution in [0.15, 0.2) is 66.4 Å². The fraction of sp³-hybridized carbons (Fsp3) is 0.176. The van der Waals surface area contributed by atoms with E-state index in [9.17, 15) is 8.78 Å². The molecule has 3 heteroatoms. The van der Waals surface area contributed by atoms with Crippen molar-refractivity contribution < 1.29 is 8.78 Å². The highest BCUT2D eigenvalue weighted by molar-refractivity contribution is 5.59. The number of hydrogen-bond donors (Lipinski definition) is 0. The Kier molecular flexibility index (Phi) is 5.44. The molecule has 0 amide bonds. The van der Waals surface area contributed by atoms with Gasteiger partial charge in [0.2, 0.25) is 0 Å². The summed E-state index contributed by atoms with van der Waals surface area (Å²) >= 11 is 0. The van der Waals surface area contributed by atoms with Gasteiger partial charge in [-0.25, -0.2) is 8.78 Å². The number of rotatable bonds is 5. The van der Waals surface area contributed by atoms with E-state index in [0.717, 1.165) is 17.2 Å². The molecule has 1 rings (SSSR count). The van der Waals surface area contributed by atoms with Crippen molar-refractivity contribution in [2.24, 2.45) is 0 Å². The van der Waals surface area contributed by atoms with Crippen molar-refractivity contribution in [1.29, 1.82) is 0 Å². The summed E-state index contributed by atoms with van der Waals surface area (Å²) in [6.45, 7) is 11.6. The fourth-order valence-electron chi connectivity index (χ4n) is 1.92. The quantitative estimate of drug-likeness (QED) is 0.684. The van der Waals surface area contributed by atoms with E-state index in [-0.39, 0.29) is 0 Å². The van der Waals surface area contributed by atoms with Crippen molar-refractivity contribution in [3.8, 4) is 0 Å². The molecule has 0 aliphatic rings. The second kappa shape index (κ2) is 6.85. The highest BCUT2D eigenvalue weighted by atomic mass is 19.1. The normalized spacial score (nSPS) is 12.2. The molecule has 1 aromatic carbocycles. The van der Waals surface area contributed by atoms with Crippen molar-refractivity contribution in [2.75, 3.05) is 11.9 Å². The van der Waals surface area contributed by atoms with Gasteiger partial charge < -0.3 is 4.90 Å². The van der Waals surface area contributed by atoms with Crippen LogP contribution in [0.5, 0.6) is 0 Å². The van der Waals surface area contributed by atoms with E-state index >= 15 is 0 Å². The summed E-state index contributed by atoms with van der Waals surface area (Å²) in [5, 5.41) is 0. The molecule has 0 N–H and O–H groups in total. The lowest BCUT2D eigenvalue weighted by molar-refractivity contribution is 0.583. The zero-order valence-corrected chi connectivity index (χ0v) is 12.1. The summed E-state index contributed by atoms with van der Waals surface area (Å²) in [6, 6.07) is 3.37. The summed E-state index contributed by atoms with van der Waals surface area (Å²) in [6.07, 6.45) is 5.53. The van der Waals surface area contributed by atoms with Crippen LogP contribution in [0.1, 0.15) is 13.8 Å². The molecule has 0 aromatic heterocycles. The Morgan fingerprint density at radius 1 is 1.20 bits per heavy atom. The molecule has 0 fully saturated rings. The molecule has 0 saturated carbocycles. The molecule has 0 bridgehead atoms. The summed E-state index contributed by atoms with van der Waals surface area (Å²) in [5.41, 5.74) is 2.84. The van der Waals surface area contributed by atoms with Gasteiger partial charge in [-0.2, -0.15) is 0 Å². The first-order valence-electron chi connectivity index (χ1n) is 6.25. The smallest absolute Gasteiger partial charge is 0.128 e. The molecular formula is C17H19F2N. The molecule has 0 aliphatic heterocycles. The zero-order valence-electron chi connectivity index (χ0n) is 12.1. The predicted octanol–water partition coefficient (Wildman–Crippen LogP) is 4.99. The van der Waals surface area contributed by atoms with Crippen LogP contribution in [-0.2, 0) is 0 Å². The zero-order chi connectivity index (χ0) is 15.3. The van der Waals surface area contributed by atoms with Gasteiger partial charge in [-0.15, -0.1) is 0 Å². The minimum atomic E-state index is -0.617. The first kappa shape index (κ1) is 15.9. The number of anilines is 1. The number of likely N-dealkylation sites (N-methyl/N-ethyl adjacent to an activating group) is 1. The maximum atomic E-state index is 13.3. The monoisotopic (exact) mass is 275 g/mol. The lowest BCUT2D eigenvalue weighted by Gasteiger charge is -2.23. The molecule has 0 unspecified atom stereocenters. The Bertz CT molecular complexity index is 562. The minimum absolute atomic E-state index is 0.403. The van der Waals surface area contributed by atoms with Crippen molar-refractivity contribution in [1.82, 2.24) is 0 Å². The Hall–Kier alpha value is -2.16. The topological polar surface area (TPSA) is 3.24 Å². The van der Waals surface area contributed by atoms with E-state index in [4.69, 9.17) is 0 Å². The summed E-state index contributed by atoms with van der Waals surface area (Å²) < 4.78 is 26.5. The molecule has 0 heterocycles. The number of benzene rings is 1. The van der Waals surface area contributed by atoms with E-state index in [1.54, 1.807) is 18.0 Å². The lowest BCUT2D eigenvalue weighted by atomic mass is 10.1. The van der Waals surface area contributed by atoms with Gasteiger partial charge in [-0.3, -0.25) is 0 Å². The largest absolute Gasteiger partial charge is 0.344 e. The van der Waals surface area contributed by atoms with Crippen LogP contribution >= 0.6 is 0 Å². The molecule has 0 atom stereocenters. The Labute approximate surface area is 119 Å². The minimum Gasteiger partial charge on any atom is -0.344 e. The van der Waals surface area contributed by atoms with Crippen LogP contribution in [0, 0.1) is 11.6 Å². The van der Waals surface area contributed by atoms with E-state index in [1.807, 2.05) is 26.0 Å². The standard InChI is InChI=1S/C17H19F2N/c1-6-8-12(3)17(7-2)13(4)20(5)16-10-14(18)9-15(19)11-16/h6-11H,2,4H2,1,3,5H3/b8-6-,17-12-. The van der Waals surface area contributed by atoms with Gasteiger partial charge in [0.25, 0.3) is 0 Å². The third-order valence-electron chi connectivity index (χ3n) is 3.00. The predicted molar refractivity (Wildman–Crippen MR) is 81.6 cm³/mol. The Balaban J connectivity index is 3.19. The van der Waals surface area contributed by atoms with Gasteiger partial charge in [-0.1, -0.05) is 31.4 Å². The lowest BCUT2D eigenvalue weighted by Crippen LogP contribution is -2.17. The maximum Gasteiger partial charge on any atom is 0.128 e. The molecule has 1 aromatic rings. The maximum absolute atomic E-state index is 13.3. The van der Waals surface area contributed by atoms with Gasteiger partial charge >= 0.3 is 0 Å². The molecule has 20 heavy (non-hydrogen) atoms. The molecule has 0 radical (unpaired) electrons. The first-order chi connectivity index (χ1) is 9.40. The van der Waals surface area contributed by atoms with Crippen LogP contribution in [0.4, 0.5) is 14.5 Å². The molecule has 0 aliphatic carbocycles. The number of hydrogen-bond acceptors (Lipinski definition) is 1. The van der Waals surface area contributed by atoms with Gasteiger partial charge in [0.1, 0.15) is 11.6 Å². The average Bonchev–Trinajstić information content (AvgIpc) is 2.37. The third-order valence-corrected chi connectivity index (χ3v) is 3.00. The van der Waals surface area contributed by atoms with Crippen LogP contribution in [-0.4, -0.2) is 7.05 Å². The highest BCUT2D eigenvalue weighted by Gasteiger charge is 2.11.